The maximum atomic E-state index is 13.2. The molecule has 0 aromatic heterocycles. The molecule has 0 bridgehead atoms. The quantitative estimate of drug-likeness (QED) is 0.899. The topological polar surface area (TPSA) is 61.9 Å². The summed E-state index contributed by atoms with van der Waals surface area (Å²) in [6.45, 7) is 2.49. The molecule has 6 nitrogen and oxygen atoms in total. The van der Waals surface area contributed by atoms with Gasteiger partial charge in [-0.1, -0.05) is 12.1 Å². The lowest BCUT2D eigenvalue weighted by Gasteiger charge is -2.39. The van der Waals surface area contributed by atoms with Crippen LogP contribution >= 0.6 is 0 Å². The van der Waals surface area contributed by atoms with Gasteiger partial charge in [-0.3, -0.25) is 4.79 Å². The van der Waals surface area contributed by atoms with Crippen LogP contribution in [0.15, 0.2) is 48.5 Å². The number of piperazine rings is 1. The predicted octanol–water partition coefficient (Wildman–Crippen LogP) is 2.78. The van der Waals surface area contributed by atoms with Crippen molar-refractivity contribution in [3.8, 4) is 5.75 Å². The fourth-order valence-corrected chi connectivity index (χ4v) is 3.06. The van der Waals surface area contributed by atoms with Crippen LogP contribution in [0.5, 0.6) is 5.75 Å². The Kier molecular flexibility index (Phi) is 5.59. The van der Waals surface area contributed by atoms with E-state index in [1.165, 1.54) is 17.0 Å². The van der Waals surface area contributed by atoms with Crippen LogP contribution < -0.4 is 15.0 Å². The Balaban J connectivity index is 1.62. The van der Waals surface area contributed by atoms with Gasteiger partial charge in [0.05, 0.1) is 7.11 Å². The van der Waals surface area contributed by atoms with Gasteiger partial charge in [0.15, 0.2) is 0 Å². The average molecular weight is 371 g/mol. The molecule has 1 N–H and O–H groups in total. The molecule has 1 aliphatic heterocycles. The number of amides is 3. The molecule has 0 aliphatic carbocycles. The van der Waals surface area contributed by atoms with Crippen molar-refractivity contribution in [2.45, 2.75) is 19.5 Å². The Morgan fingerprint density at radius 3 is 2.67 bits per heavy atom. The van der Waals surface area contributed by atoms with Gasteiger partial charge in [-0.05, 0) is 48.9 Å². The summed E-state index contributed by atoms with van der Waals surface area (Å²) in [6.07, 6.45) is 0. The minimum Gasteiger partial charge on any atom is -0.497 e. The summed E-state index contributed by atoms with van der Waals surface area (Å²) in [7, 11) is 1.59. The zero-order valence-corrected chi connectivity index (χ0v) is 15.3. The summed E-state index contributed by atoms with van der Waals surface area (Å²) in [6, 6.07) is 12.8. The van der Waals surface area contributed by atoms with Gasteiger partial charge in [-0.25, -0.2) is 9.18 Å². The lowest BCUT2D eigenvalue weighted by molar-refractivity contribution is -0.121. The number of halogens is 1. The highest BCUT2D eigenvalue weighted by Gasteiger charge is 2.33. The average Bonchev–Trinajstić information content (AvgIpc) is 2.68. The number of nitrogens with one attached hydrogen (secondary N) is 1. The summed E-state index contributed by atoms with van der Waals surface area (Å²) in [5.41, 5.74) is 1.44. The third kappa shape index (κ3) is 4.36. The highest BCUT2D eigenvalue weighted by Crippen LogP contribution is 2.23. The van der Waals surface area contributed by atoms with E-state index in [-0.39, 0.29) is 36.9 Å². The van der Waals surface area contributed by atoms with E-state index in [0.717, 1.165) is 11.4 Å². The minimum absolute atomic E-state index is 0.0117. The van der Waals surface area contributed by atoms with E-state index in [0.29, 0.717) is 12.1 Å². The number of hydrogen-bond donors (Lipinski definition) is 1. The van der Waals surface area contributed by atoms with Crippen molar-refractivity contribution < 1.29 is 18.7 Å². The van der Waals surface area contributed by atoms with E-state index < -0.39 is 0 Å². The second-order valence-corrected chi connectivity index (χ2v) is 6.47. The van der Waals surface area contributed by atoms with E-state index in [1.807, 2.05) is 19.1 Å². The Labute approximate surface area is 157 Å². The van der Waals surface area contributed by atoms with E-state index in [2.05, 4.69) is 5.32 Å². The normalized spacial score (nSPS) is 17.0. The summed E-state index contributed by atoms with van der Waals surface area (Å²) < 4.78 is 18.4. The van der Waals surface area contributed by atoms with E-state index in [1.54, 1.807) is 36.3 Å². The molecular formula is C20H22FN3O3. The molecule has 0 radical (unpaired) electrons. The number of carbonyl (C=O) groups excluding carboxylic acids is 2. The van der Waals surface area contributed by atoms with Crippen LogP contribution in [0.3, 0.4) is 0 Å². The lowest BCUT2D eigenvalue weighted by Crippen LogP contribution is -2.59. The molecule has 0 spiro atoms. The number of anilines is 1. The number of rotatable bonds is 4. The van der Waals surface area contributed by atoms with Crippen molar-refractivity contribution in [2.24, 2.45) is 0 Å². The largest absolute Gasteiger partial charge is 0.497 e. The van der Waals surface area contributed by atoms with Gasteiger partial charge in [0.1, 0.15) is 18.1 Å². The van der Waals surface area contributed by atoms with Crippen molar-refractivity contribution in [2.75, 3.05) is 25.1 Å². The van der Waals surface area contributed by atoms with Crippen LogP contribution in [-0.2, 0) is 11.3 Å². The van der Waals surface area contributed by atoms with Gasteiger partial charge in [0.2, 0.25) is 5.91 Å². The molecule has 1 aliphatic rings. The third-order valence-corrected chi connectivity index (χ3v) is 4.56. The van der Waals surface area contributed by atoms with E-state index in [9.17, 15) is 14.0 Å². The Bertz CT molecular complexity index is 825. The summed E-state index contributed by atoms with van der Waals surface area (Å²) in [4.78, 5) is 28.2. The number of hydrogen-bond acceptors (Lipinski definition) is 3. The van der Waals surface area contributed by atoms with E-state index in [4.69, 9.17) is 4.74 Å². The lowest BCUT2D eigenvalue weighted by atomic mass is 10.1. The van der Waals surface area contributed by atoms with Crippen LogP contribution in [0, 0.1) is 5.82 Å². The molecule has 1 saturated heterocycles. The third-order valence-electron chi connectivity index (χ3n) is 4.56. The molecule has 3 amide bonds. The van der Waals surface area contributed by atoms with Gasteiger partial charge in [-0.15, -0.1) is 0 Å². The van der Waals surface area contributed by atoms with Gasteiger partial charge in [-0.2, -0.15) is 0 Å². The molecule has 142 valence electrons. The van der Waals surface area contributed by atoms with Crippen LogP contribution in [0.1, 0.15) is 12.5 Å². The monoisotopic (exact) mass is 371 g/mol. The fraction of sp³-hybridized carbons (Fsp3) is 0.300. The smallest absolute Gasteiger partial charge is 0.318 e. The Morgan fingerprint density at radius 2 is 2.00 bits per heavy atom. The molecule has 7 heteroatoms. The number of nitrogens with zero attached hydrogens (tertiary/aromatic N) is 2. The minimum atomic E-state index is -0.349. The van der Waals surface area contributed by atoms with Crippen LogP contribution in [0.4, 0.5) is 14.9 Å². The Hall–Kier alpha value is -3.09. The first kappa shape index (κ1) is 18.7. The highest BCUT2D eigenvalue weighted by molar-refractivity contribution is 5.98. The summed E-state index contributed by atoms with van der Waals surface area (Å²) in [5.74, 6) is 0.215. The second kappa shape index (κ2) is 8.07. The number of urea groups is 1. The first-order chi connectivity index (χ1) is 13.0. The fourth-order valence-electron chi connectivity index (χ4n) is 3.06. The number of methoxy groups -OCH3 is 1. The molecule has 3 rings (SSSR count). The molecule has 2 aromatic carbocycles. The SMILES string of the molecule is COc1ccc(N2C[C@H](C)N(C(=O)NCc3cccc(F)c3)CC2=O)cc1. The van der Waals surface area contributed by atoms with Crippen LogP contribution in [0.2, 0.25) is 0 Å². The van der Waals surface area contributed by atoms with Crippen molar-refractivity contribution in [1.82, 2.24) is 10.2 Å². The number of carbonyl (C=O) groups is 2. The highest BCUT2D eigenvalue weighted by atomic mass is 19.1. The van der Waals surface area contributed by atoms with Crippen LogP contribution in [0.25, 0.3) is 0 Å². The Morgan fingerprint density at radius 1 is 1.26 bits per heavy atom. The standard InChI is InChI=1S/C20H22FN3O3/c1-14-12-24(17-6-8-18(27-2)9-7-17)19(25)13-23(14)20(26)22-11-15-4-3-5-16(21)10-15/h3-10,14H,11-13H2,1-2H3,(H,22,26)/t14-/m0/s1. The zero-order valence-electron chi connectivity index (χ0n) is 15.3. The van der Waals surface area contributed by atoms with Gasteiger partial charge < -0.3 is 19.9 Å². The van der Waals surface area contributed by atoms with Crippen molar-refractivity contribution in [1.29, 1.82) is 0 Å². The number of benzene rings is 2. The first-order valence-electron chi connectivity index (χ1n) is 8.71. The summed E-state index contributed by atoms with van der Waals surface area (Å²) >= 11 is 0. The van der Waals surface area contributed by atoms with Gasteiger partial charge in [0.25, 0.3) is 0 Å². The molecule has 1 atom stereocenters. The van der Waals surface area contributed by atoms with Crippen LogP contribution in [-0.4, -0.2) is 43.1 Å². The maximum Gasteiger partial charge on any atom is 0.318 e. The molecular weight excluding hydrogens is 349 g/mol. The van der Waals surface area contributed by atoms with E-state index >= 15 is 0 Å². The summed E-state index contributed by atoms with van der Waals surface area (Å²) in [5, 5.41) is 2.75. The van der Waals surface area contributed by atoms with Crippen molar-refractivity contribution in [3.05, 3.63) is 59.9 Å². The molecule has 1 heterocycles. The molecule has 0 saturated carbocycles. The number of ether oxygens (including phenoxy) is 1. The van der Waals surface area contributed by atoms with Gasteiger partial charge in [0, 0.05) is 24.8 Å². The zero-order chi connectivity index (χ0) is 19.4. The molecule has 2 aromatic rings. The first-order valence-corrected chi connectivity index (χ1v) is 8.71. The van der Waals surface area contributed by atoms with Crippen molar-refractivity contribution >= 4 is 17.6 Å². The molecule has 27 heavy (non-hydrogen) atoms. The second-order valence-electron chi connectivity index (χ2n) is 6.47. The molecule has 1 fully saturated rings. The molecule has 0 unspecified atom stereocenters. The maximum absolute atomic E-state index is 13.2. The van der Waals surface area contributed by atoms with Gasteiger partial charge >= 0.3 is 6.03 Å². The van der Waals surface area contributed by atoms with Crippen molar-refractivity contribution in [3.63, 3.8) is 0 Å². The predicted molar refractivity (Wildman–Crippen MR) is 100 cm³/mol.